The zero-order chi connectivity index (χ0) is 25.4. The first kappa shape index (κ1) is 23.7. The Kier molecular flexibility index (Phi) is 6.27. The number of aryl methyl sites for hydroxylation is 2. The summed E-state index contributed by atoms with van der Waals surface area (Å²) in [5.74, 6) is -1.18. The van der Waals surface area contributed by atoms with Crippen LogP contribution in [-0.4, -0.2) is 34.4 Å². The normalized spacial score (nSPS) is 13.3. The van der Waals surface area contributed by atoms with Crippen LogP contribution in [0.4, 0.5) is 4.79 Å². The molecule has 6 nitrogen and oxygen atoms in total. The Hall–Kier alpha value is -4.06. The fourth-order valence-electron chi connectivity index (χ4n) is 5.36. The number of hydrogen-bond acceptors (Lipinski definition) is 3. The second-order valence-corrected chi connectivity index (χ2v) is 9.39. The molecule has 3 aromatic carbocycles. The van der Waals surface area contributed by atoms with E-state index in [1.54, 1.807) is 0 Å². The molecule has 36 heavy (non-hydrogen) atoms. The van der Waals surface area contributed by atoms with Gasteiger partial charge in [0.15, 0.2) is 0 Å². The molecule has 0 radical (unpaired) electrons. The molecule has 4 aromatic rings. The van der Waals surface area contributed by atoms with E-state index in [0.29, 0.717) is 0 Å². The Morgan fingerprint density at radius 3 is 2.28 bits per heavy atom. The van der Waals surface area contributed by atoms with Gasteiger partial charge in [0.25, 0.3) is 0 Å². The van der Waals surface area contributed by atoms with Crippen molar-refractivity contribution >= 4 is 23.0 Å². The Bertz CT molecular complexity index is 1420. The predicted octanol–water partition coefficient (Wildman–Crippen LogP) is 5.58. The molecule has 6 heteroatoms. The Labute approximate surface area is 210 Å². The van der Waals surface area contributed by atoms with Crippen molar-refractivity contribution in [3.05, 3.63) is 94.7 Å². The average molecular weight is 483 g/mol. The zero-order valence-corrected chi connectivity index (χ0v) is 20.7. The van der Waals surface area contributed by atoms with Crippen LogP contribution in [0.3, 0.4) is 0 Å². The van der Waals surface area contributed by atoms with Crippen molar-refractivity contribution in [1.29, 1.82) is 0 Å². The van der Waals surface area contributed by atoms with Gasteiger partial charge in [-0.15, -0.1) is 0 Å². The second-order valence-electron chi connectivity index (χ2n) is 9.39. The third-order valence-electron chi connectivity index (χ3n) is 7.44. The highest BCUT2D eigenvalue weighted by Crippen LogP contribution is 2.44. The molecule has 1 aliphatic carbocycles. The van der Waals surface area contributed by atoms with E-state index in [1.807, 2.05) is 38.2 Å². The van der Waals surface area contributed by atoms with Crippen molar-refractivity contribution in [3.63, 3.8) is 0 Å². The molecule has 0 bridgehead atoms. The molecule has 0 saturated heterocycles. The molecule has 1 aliphatic rings. The van der Waals surface area contributed by atoms with E-state index in [4.69, 9.17) is 4.74 Å². The summed E-state index contributed by atoms with van der Waals surface area (Å²) in [4.78, 5) is 24.9. The maximum absolute atomic E-state index is 12.8. The molecule has 1 aromatic heterocycles. The van der Waals surface area contributed by atoms with Crippen molar-refractivity contribution in [3.8, 4) is 11.1 Å². The number of benzene rings is 3. The molecule has 1 heterocycles. The largest absolute Gasteiger partial charge is 0.480 e. The summed E-state index contributed by atoms with van der Waals surface area (Å²) >= 11 is 0. The smallest absolute Gasteiger partial charge is 0.407 e. The zero-order valence-electron chi connectivity index (χ0n) is 20.7. The standard InChI is InChI=1S/C30H30N2O4/c1-4-19-13-14-28-25(15-19)24(18(2)32(28)3)16-27(29(33)34)31-30(35)36-17-26-22-11-7-5-9-20(22)21-10-6-8-12-23(21)26/h5-15,26-27H,4,16-17H2,1-3H3,(H,31,35)(H,33,34). The fraction of sp³-hybridized carbons (Fsp3) is 0.267. The molecule has 0 spiro atoms. The summed E-state index contributed by atoms with van der Waals surface area (Å²) in [7, 11) is 1.97. The minimum atomic E-state index is -1.10. The molecule has 184 valence electrons. The van der Waals surface area contributed by atoms with Crippen LogP contribution >= 0.6 is 0 Å². The number of aliphatic carboxylic acids is 1. The van der Waals surface area contributed by atoms with E-state index in [-0.39, 0.29) is 18.9 Å². The Balaban J connectivity index is 1.33. The van der Waals surface area contributed by atoms with Gasteiger partial charge in [-0.1, -0.05) is 61.5 Å². The lowest BCUT2D eigenvalue weighted by molar-refractivity contribution is -0.139. The number of nitrogens with one attached hydrogen (secondary N) is 1. The molecular formula is C30H30N2O4. The number of carboxylic acids is 1. The van der Waals surface area contributed by atoms with Crippen molar-refractivity contribution in [1.82, 2.24) is 9.88 Å². The van der Waals surface area contributed by atoms with Crippen LogP contribution in [-0.2, 0) is 29.4 Å². The monoisotopic (exact) mass is 482 g/mol. The first-order chi connectivity index (χ1) is 17.4. The number of ether oxygens (including phenoxy) is 1. The SMILES string of the molecule is CCc1ccc2c(c1)c(CC(NC(=O)OCC1c3ccccc3-c3ccccc31)C(=O)O)c(C)n2C. The third kappa shape index (κ3) is 4.13. The lowest BCUT2D eigenvalue weighted by Crippen LogP contribution is -2.43. The second kappa shape index (κ2) is 9.53. The maximum atomic E-state index is 12.8. The number of alkyl carbamates (subject to hydrolysis) is 1. The molecule has 0 saturated carbocycles. The Morgan fingerprint density at radius 2 is 1.67 bits per heavy atom. The minimum Gasteiger partial charge on any atom is -0.480 e. The topological polar surface area (TPSA) is 80.6 Å². The van der Waals surface area contributed by atoms with Crippen molar-refractivity contribution < 1.29 is 19.4 Å². The van der Waals surface area contributed by atoms with Gasteiger partial charge in [-0.2, -0.15) is 0 Å². The molecule has 1 atom stereocenters. The van der Waals surface area contributed by atoms with Gasteiger partial charge in [-0.3, -0.25) is 0 Å². The quantitative estimate of drug-likeness (QED) is 0.360. The van der Waals surface area contributed by atoms with E-state index >= 15 is 0 Å². The van der Waals surface area contributed by atoms with Crippen LogP contribution in [0.1, 0.15) is 40.8 Å². The van der Waals surface area contributed by atoms with Crippen molar-refractivity contribution in [2.75, 3.05) is 6.61 Å². The van der Waals surface area contributed by atoms with Crippen LogP contribution < -0.4 is 5.32 Å². The molecule has 1 amide bonds. The number of amides is 1. The first-order valence-electron chi connectivity index (χ1n) is 12.3. The van der Waals surface area contributed by atoms with Gasteiger partial charge in [0.1, 0.15) is 12.6 Å². The fourth-order valence-corrected chi connectivity index (χ4v) is 5.36. The van der Waals surface area contributed by atoms with Gasteiger partial charge in [0.05, 0.1) is 0 Å². The van der Waals surface area contributed by atoms with Gasteiger partial charge in [-0.25, -0.2) is 9.59 Å². The van der Waals surface area contributed by atoms with Gasteiger partial charge < -0.3 is 19.7 Å². The van der Waals surface area contributed by atoms with Crippen LogP contribution in [0.15, 0.2) is 66.7 Å². The van der Waals surface area contributed by atoms with Crippen LogP contribution in [0.25, 0.3) is 22.0 Å². The van der Waals surface area contributed by atoms with Crippen LogP contribution in [0, 0.1) is 6.92 Å². The lowest BCUT2D eigenvalue weighted by atomic mass is 9.98. The van der Waals surface area contributed by atoms with E-state index in [1.165, 1.54) is 5.56 Å². The number of aromatic nitrogens is 1. The summed E-state index contributed by atoms with van der Waals surface area (Å²) in [6.07, 6.45) is 0.343. The summed E-state index contributed by atoms with van der Waals surface area (Å²) < 4.78 is 7.66. The molecule has 1 unspecified atom stereocenters. The predicted molar refractivity (Wildman–Crippen MR) is 140 cm³/mol. The van der Waals surface area contributed by atoms with Gasteiger partial charge in [-0.05, 0) is 58.9 Å². The molecule has 0 aliphatic heterocycles. The number of rotatable bonds is 7. The highest BCUT2D eigenvalue weighted by Gasteiger charge is 2.30. The van der Waals surface area contributed by atoms with E-state index in [2.05, 4.69) is 59.3 Å². The highest BCUT2D eigenvalue weighted by molar-refractivity contribution is 5.88. The van der Waals surface area contributed by atoms with Crippen LogP contribution in [0.2, 0.25) is 0 Å². The van der Waals surface area contributed by atoms with E-state index in [0.717, 1.165) is 50.8 Å². The van der Waals surface area contributed by atoms with Crippen LogP contribution in [0.5, 0.6) is 0 Å². The van der Waals surface area contributed by atoms with Gasteiger partial charge in [0.2, 0.25) is 0 Å². The van der Waals surface area contributed by atoms with Crippen molar-refractivity contribution in [2.24, 2.45) is 7.05 Å². The number of carbonyl (C=O) groups excluding carboxylic acids is 1. The number of hydrogen-bond donors (Lipinski definition) is 2. The average Bonchev–Trinajstić information content (AvgIpc) is 3.33. The van der Waals surface area contributed by atoms with Crippen molar-refractivity contribution in [2.45, 2.75) is 38.6 Å². The lowest BCUT2D eigenvalue weighted by Gasteiger charge is -2.18. The Morgan fingerprint density at radius 1 is 1.03 bits per heavy atom. The molecule has 2 N–H and O–H groups in total. The number of carboxylic acid groups (broad SMARTS) is 1. The van der Waals surface area contributed by atoms with Gasteiger partial charge >= 0.3 is 12.1 Å². The summed E-state index contributed by atoms with van der Waals surface area (Å²) in [6.45, 7) is 4.21. The van der Waals surface area contributed by atoms with E-state index < -0.39 is 18.1 Å². The minimum absolute atomic E-state index is 0.0841. The maximum Gasteiger partial charge on any atom is 0.407 e. The molecular weight excluding hydrogens is 452 g/mol. The third-order valence-corrected chi connectivity index (χ3v) is 7.44. The molecule has 0 fully saturated rings. The highest BCUT2D eigenvalue weighted by atomic mass is 16.5. The summed E-state index contributed by atoms with van der Waals surface area (Å²) in [5, 5.41) is 13.5. The molecule has 5 rings (SSSR count). The summed E-state index contributed by atoms with van der Waals surface area (Å²) in [5.41, 5.74) is 8.65. The summed E-state index contributed by atoms with van der Waals surface area (Å²) in [6, 6.07) is 21.4. The number of nitrogens with zero attached hydrogens (tertiary/aromatic N) is 1. The first-order valence-corrected chi connectivity index (χ1v) is 12.3. The van der Waals surface area contributed by atoms with Gasteiger partial charge in [0, 0.05) is 36.0 Å². The number of fused-ring (bicyclic) bond motifs is 4. The van der Waals surface area contributed by atoms with E-state index in [9.17, 15) is 14.7 Å². The number of carbonyl (C=O) groups is 2.